The Bertz CT molecular complexity index is 541. The van der Waals surface area contributed by atoms with E-state index in [4.69, 9.17) is 9.47 Å². The fourth-order valence-corrected chi connectivity index (χ4v) is 3.71. The smallest absolute Gasteiger partial charge is 0.219 e. The van der Waals surface area contributed by atoms with E-state index < -0.39 is 0 Å². The van der Waals surface area contributed by atoms with Crippen LogP contribution in [0.1, 0.15) is 30.4 Å². The maximum atomic E-state index is 11.6. The number of benzene rings is 1. The molecule has 1 aromatic carbocycles. The topological polar surface area (TPSA) is 38.8 Å². The maximum absolute atomic E-state index is 11.6. The SMILES string of the molecule is COc1ccc2c(c1OC)CC[C@H]1CN(C(C)=O)C[C@H]21. The first-order chi connectivity index (χ1) is 9.65. The average Bonchev–Trinajstić information content (AvgIpc) is 2.90. The van der Waals surface area contributed by atoms with Gasteiger partial charge in [-0.05, 0) is 30.4 Å². The summed E-state index contributed by atoms with van der Waals surface area (Å²) in [5, 5.41) is 0. The van der Waals surface area contributed by atoms with Gasteiger partial charge < -0.3 is 14.4 Å². The lowest BCUT2D eigenvalue weighted by molar-refractivity contribution is -0.127. The van der Waals surface area contributed by atoms with Crippen molar-refractivity contribution in [3.63, 3.8) is 0 Å². The zero-order valence-corrected chi connectivity index (χ0v) is 12.3. The first kappa shape index (κ1) is 13.3. The number of carbonyl (C=O) groups is 1. The normalized spacial score (nSPS) is 24.1. The number of amides is 1. The fourth-order valence-electron chi connectivity index (χ4n) is 3.71. The molecule has 0 bridgehead atoms. The maximum Gasteiger partial charge on any atom is 0.219 e. The van der Waals surface area contributed by atoms with Crippen LogP contribution in [-0.2, 0) is 11.2 Å². The van der Waals surface area contributed by atoms with Crippen molar-refractivity contribution in [2.24, 2.45) is 5.92 Å². The number of methoxy groups -OCH3 is 2. The van der Waals surface area contributed by atoms with Gasteiger partial charge in [-0.1, -0.05) is 6.07 Å². The second-order valence-electron chi connectivity index (χ2n) is 5.70. The van der Waals surface area contributed by atoms with Crippen molar-refractivity contribution in [2.75, 3.05) is 27.3 Å². The Morgan fingerprint density at radius 3 is 2.70 bits per heavy atom. The van der Waals surface area contributed by atoms with Gasteiger partial charge in [0.1, 0.15) is 0 Å². The summed E-state index contributed by atoms with van der Waals surface area (Å²) in [5.74, 6) is 2.88. The number of likely N-dealkylation sites (tertiary alicyclic amines) is 1. The van der Waals surface area contributed by atoms with E-state index >= 15 is 0 Å². The van der Waals surface area contributed by atoms with Crippen LogP contribution >= 0.6 is 0 Å². The highest BCUT2D eigenvalue weighted by atomic mass is 16.5. The first-order valence-corrected chi connectivity index (χ1v) is 7.15. The minimum atomic E-state index is 0.182. The second-order valence-corrected chi connectivity index (χ2v) is 5.70. The number of nitrogens with zero attached hydrogens (tertiary/aromatic N) is 1. The molecule has 2 atom stereocenters. The van der Waals surface area contributed by atoms with Crippen molar-refractivity contribution in [1.82, 2.24) is 4.90 Å². The van der Waals surface area contributed by atoms with Gasteiger partial charge in [0.25, 0.3) is 0 Å². The molecule has 0 aromatic heterocycles. The van der Waals surface area contributed by atoms with E-state index in [2.05, 4.69) is 6.07 Å². The molecule has 1 saturated heterocycles. The number of carbonyl (C=O) groups excluding carboxylic acids is 1. The molecule has 0 saturated carbocycles. The summed E-state index contributed by atoms with van der Waals surface area (Å²) in [4.78, 5) is 13.6. The van der Waals surface area contributed by atoms with Crippen molar-refractivity contribution < 1.29 is 14.3 Å². The zero-order chi connectivity index (χ0) is 14.3. The van der Waals surface area contributed by atoms with E-state index in [1.807, 2.05) is 11.0 Å². The molecule has 4 nitrogen and oxygen atoms in total. The van der Waals surface area contributed by atoms with Crippen molar-refractivity contribution in [3.05, 3.63) is 23.3 Å². The lowest BCUT2D eigenvalue weighted by atomic mass is 9.76. The van der Waals surface area contributed by atoms with E-state index in [-0.39, 0.29) is 5.91 Å². The minimum Gasteiger partial charge on any atom is -0.493 e. The van der Waals surface area contributed by atoms with Crippen LogP contribution in [0.3, 0.4) is 0 Å². The standard InChI is InChI=1S/C16H21NO3/c1-10(18)17-8-11-4-5-13-12(14(11)9-17)6-7-15(19-2)16(13)20-3/h6-7,11,14H,4-5,8-9H2,1-3H3/t11-,14-/m0/s1. The Labute approximate surface area is 119 Å². The molecule has 0 spiro atoms. The van der Waals surface area contributed by atoms with Crippen LogP contribution in [0.25, 0.3) is 0 Å². The molecule has 3 rings (SSSR count). The Morgan fingerprint density at radius 1 is 1.25 bits per heavy atom. The number of hydrogen-bond acceptors (Lipinski definition) is 3. The average molecular weight is 275 g/mol. The fraction of sp³-hybridized carbons (Fsp3) is 0.562. The molecule has 1 aromatic rings. The molecule has 0 radical (unpaired) electrons. The van der Waals surface area contributed by atoms with Crippen LogP contribution < -0.4 is 9.47 Å². The van der Waals surface area contributed by atoms with Gasteiger partial charge in [0.15, 0.2) is 11.5 Å². The van der Waals surface area contributed by atoms with Crippen molar-refractivity contribution in [1.29, 1.82) is 0 Å². The van der Waals surface area contributed by atoms with Gasteiger partial charge in [-0.15, -0.1) is 0 Å². The highest BCUT2D eigenvalue weighted by molar-refractivity contribution is 5.74. The molecule has 4 heteroatoms. The van der Waals surface area contributed by atoms with Crippen LogP contribution in [0.15, 0.2) is 12.1 Å². The summed E-state index contributed by atoms with van der Waals surface area (Å²) in [6.07, 6.45) is 2.12. The number of rotatable bonds is 2. The predicted octanol–water partition coefficient (Wildman–Crippen LogP) is 2.21. The molecule has 2 aliphatic rings. The van der Waals surface area contributed by atoms with E-state index in [9.17, 15) is 4.79 Å². The number of fused-ring (bicyclic) bond motifs is 3. The van der Waals surface area contributed by atoms with Crippen LogP contribution in [-0.4, -0.2) is 38.1 Å². The quantitative estimate of drug-likeness (QED) is 0.830. The largest absolute Gasteiger partial charge is 0.493 e. The first-order valence-electron chi connectivity index (χ1n) is 7.15. The van der Waals surface area contributed by atoms with Gasteiger partial charge in [0.05, 0.1) is 14.2 Å². The number of hydrogen-bond donors (Lipinski definition) is 0. The van der Waals surface area contributed by atoms with E-state index in [0.29, 0.717) is 11.8 Å². The van der Waals surface area contributed by atoms with Gasteiger partial charge in [0.2, 0.25) is 5.91 Å². The molecule has 1 amide bonds. The summed E-state index contributed by atoms with van der Waals surface area (Å²) < 4.78 is 10.9. The molecule has 0 unspecified atom stereocenters. The van der Waals surface area contributed by atoms with E-state index in [1.54, 1.807) is 21.1 Å². The molecule has 1 fully saturated rings. The molecular weight excluding hydrogens is 254 g/mol. The Morgan fingerprint density at radius 2 is 2.05 bits per heavy atom. The van der Waals surface area contributed by atoms with Gasteiger partial charge >= 0.3 is 0 Å². The third kappa shape index (κ3) is 1.94. The van der Waals surface area contributed by atoms with Crippen LogP contribution in [0.2, 0.25) is 0 Å². The highest BCUT2D eigenvalue weighted by Gasteiger charge is 2.39. The van der Waals surface area contributed by atoms with Crippen molar-refractivity contribution in [2.45, 2.75) is 25.7 Å². The monoisotopic (exact) mass is 275 g/mol. The minimum absolute atomic E-state index is 0.182. The molecule has 20 heavy (non-hydrogen) atoms. The Balaban J connectivity index is 1.99. The third-order valence-electron chi connectivity index (χ3n) is 4.74. The molecular formula is C16H21NO3. The molecule has 1 aliphatic carbocycles. The summed E-state index contributed by atoms with van der Waals surface area (Å²) in [6, 6.07) is 4.13. The van der Waals surface area contributed by atoms with Crippen LogP contribution in [0, 0.1) is 5.92 Å². The molecule has 1 heterocycles. The Kier molecular flexibility index (Phi) is 3.32. The van der Waals surface area contributed by atoms with Crippen molar-refractivity contribution in [3.8, 4) is 11.5 Å². The summed E-state index contributed by atoms with van der Waals surface area (Å²) >= 11 is 0. The molecule has 108 valence electrons. The van der Waals surface area contributed by atoms with Crippen LogP contribution in [0.5, 0.6) is 11.5 Å². The predicted molar refractivity (Wildman–Crippen MR) is 76.4 cm³/mol. The van der Waals surface area contributed by atoms with Gasteiger partial charge in [-0.3, -0.25) is 4.79 Å². The molecule has 0 N–H and O–H groups in total. The van der Waals surface area contributed by atoms with Gasteiger partial charge in [-0.2, -0.15) is 0 Å². The Hall–Kier alpha value is -1.71. The summed E-state index contributed by atoms with van der Waals surface area (Å²) in [5.41, 5.74) is 2.60. The van der Waals surface area contributed by atoms with E-state index in [0.717, 1.165) is 37.4 Å². The summed E-state index contributed by atoms with van der Waals surface area (Å²) in [6.45, 7) is 3.39. The lowest BCUT2D eigenvalue weighted by Gasteiger charge is -2.29. The number of ether oxygens (including phenoxy) is 2. The zero-order valence-electron chi connectivity index (χ0n) is 12.3. The van der Waals surface area contributed by atoms with Gasteiger partial charge in [-0.25, -0.2) is 0 Å². The third-order valence-corrected chi connectivity index (χ3v) is 4.74. The second kappa shape index (κ2) is 5.00. The highest BCUT2D eigenvalue weighted by Crippen LogP contribution is 2.46. The lowest BCUT2D eigenvalue weighted by Crippen LogP contribution is -2.25. The molecule has 1 aliphatic heterocycles. The van der Waals surface area contributed by atoms with Gasteiger partial charge in [0, 0.05) is 31.5 Å². The van der Waals surface area contributed by atoms with Crippen LogP contribution in [0.4, 0.5) is 0 Å². The summed E-state index contributed by atoms with van der Waals surface area (Å²) in [7, 11) is 3.36. The van der Waals surface area contributed by atoms with Crippen molar-refractivity contribution >= 4 is 5.91 Å². The van der Waals surface area contributed by atoms with E-state index in [1.165, 1.54) is 11.1 Å².